The summed E-state index contributed by atoms with van der Waals surface area (Å²) in [6.45, 7) is 3.03. The molecular formula is C12H17N3O. The molecule has 1 atom stereocenters. The van der Waals surface area contributed by atoms with Gasteiger partial charge in [0.25, 0.3) is 0 Å². The highest BCUT2D eigenvalue weighted by Crippen LogP contribution is 2.21. The van der Waals surface area contributed by atoms with Crippen molar-refractivity contribution in [3.8, 4) is 0 Å². The van der Waals surface area contributed by atoms with Crippen molar-refractivity contribution >= 4 is 16.8 Å². The Morgan fingerprint density at radius 3 is 3.00 bits per heavy atom. The van der Waals surface area contributed by atoms with E-state index in [4.69, 9.17) is 4.42 Å². The molecular weight excluding hydrogens is 202 g/mol. The van der Waals surface area contributed by atoms with Crippen LogP contribution in [0.1, 0.15) is 6.92 Å². The van der Waals surface area contributed by atoms with Crippen molar-refractivity contribution in [3.63, 3.8) is 0 Å². The topological polar surface area (TPSA) is 41.3 Å². The van der Waals surface area contributed by atoms with Crippen molar-refractivity contribution in [1.82, 2.24) is 9.88 Å². The Kier molecular flexibility index (Phi) is 3.10. The Morgan fingerprint density at radius 2 is 2.25 bits per heavy atom. The van der Waals surface area contributed by atoms with E-state index in [1.54, 1.807) is 12.5 Å². The minimum Gasteiger partial charge on any atom is -0.464 e. The minimum atomic E-state index is 0.462. The van der Waals surface area contributed by atoms with Crippen LogP contribution in [-0.4, -0.2) is 36.6 Å². The fraction of sp³-hybridized carbons (Fsp3) is 0.417. The summed E-state index contributed by atoms with van der Waals surface area (Å²) in [5, 5.41) is 4.38. The van der Waals surface area contributed by atoms with Gasteiger partial charge in [0.05, 0.1) is 11.6 Å². The zero-order chi connectivity index (χ0) is 11.5. The van der Waals surface area contributed by atoms with Gasteiger partial charge in [-0.25, -0.2) is 4.98 Å². The van der Waals surface area contributed by atoms with Gasteiger partial charge in [0, 0.05) is 18.8 Å². The first kappa shape index (κ1) is 11.0. The molecule has 0 fully saturated rings. The Bertz CT molecular complexity index is 464. The summed E-state index contributed by atoms with van der Waals surface area (Å²) in [6.07, 6.45) is 3.45. The highest BCUT2D eigenvalue weighted by atomic mass is 16.3. The molecule has 16 heavy (non-hydrogen) atoms. The Morgan fingerprint density at radius 1 is 1.44 bits per heavy atom. The molecule has 2 aromatic rings. The van der Waals surface area contributed by atoms with E-state index in [1.807, 2.05) is 12.1 Å². The number of nitrogens with one attached hydrogen (secondary N) is 1. The third-order valence-electron chi connectivity index (χ3n) is 2.83. The van der Waals surface area contributed by atoms with Crippen LogP contribution in [-0.2, 0) is 0 Å². The minimum absolute atomic E-state index is 0.462. The average Bonchev–Trinajstić information content (AvgIpc) is 2.73. The maximum atomic E-state index is 5.32. The second-order valence-corrected chi connectivity index (χ2v) is 4.19. The van der Waals surface area contributed by atoms with Crippen LogP contribution < -0.4 is 5.32 Å². The zero-order valence-corrected chi connectivity index (χ0v) is 9.90. The normalized spacial score (nSPS) is 13.2. The van der Waals surface area contributed by atoms with E-state index in [1.165, 1.54) is 0 Å². The van der Waals surface area contributed by atoms with E-state index < -0.39 is 0 Å². The van der Waals surface area contributed by atoms with Gasteiger partial charge in [0.2, 0.25) is 0 Å². The van der Waals surface area contributed by atoms with Gasteiger partial charge in [-0.05, 0) is 33.2 Å². The van der Waals surface area contributed by atoms with E-state index >= 15 is 0 Å². The summed E-state index contributed by atoms with van der Waals surface area (Å²) in [4.78, 5) is 6.49. The molecule has 86 valence electrons. The van der Waals surface area contributed by atoms with Crippen LogP contribution >= 0.6 is 0 Å². The Balaban J connectivity index is 2.12. The molecule has 2 rings (SSSR count). The molecule has 0 saturated heterocycles. The van der Waals surface area contributed by atoms with Crippen LogP contribution in [0.3, 0.4) is 0 Å². The van der Waals surface area contributed by atoms with Gasteiger partial charge in [-0.2, -0.15) is 0 Å². The first-order valence-corrected chi connectivity index (χ1v) is 5.41. The van der Waals surface area contributed by atoms with E-state index in [0.717, 1.165) is 23.3 Å². The van der Waals surface area contributed by atoms with Crippen LogP contribution in [0, 0.1) is 0 Å². The molecule has 0 spiro atoms. The number of nitrogens with zero attached hydrogens (tertiary/aromatic N) is 2. The number of pyridine rings is 1. The van der Waals surface area contributed by atoms with Crippen LogP contribution in [0.4, 0.5) is 5.82 Å². The fourth-order valence-corrected chi connectivity index (χ4v) is 1.46. The van der Waals surface area contributed by atoms with Crippen molar-refractivity contribution in [2.75, 3.05) is 26.0 Å². The van der Waals surface area contributed by atoms with Gasteiger partial charge >= 0.3 is 0 Å². The summed E-state index contributed by atoms with van der Waals surface area (Å²) in [5.74, 6) is 0.889. The number of likely N-dealkylation sites (N-methyl/N-ethyl adjacent to an activating group) is 1. The predicted octanol–water partition coefficient (Wildman–Crippen LogP) is 2.19. The molecule has 0 aliphatic heterocycles. The quantitative estimate of drug-likeness (QED) is 0.855. The van der Waals surface area contributed by atoms with Gasteiger partial charge < -0.3 is 14.6 Å². The number of hydrogen-bond donors (Lipinski definition) is 1. The number of furan rings is 1. The highest BCUT2D eigenvalue weighted by molar-refractivity contribution is 5.87. The van der Waals surface area contributed by atoms with Crippen molar-refractivity contribution in [1.29, 1.82) is 0 Å². The molecule has 1 N–H and O–H groups in total. The van der Waals surface area contributed by atoms with Gasteiger partial charge in [0.15, 0.2) is 0 Å². The standard InChI is InChI=1S/C12H17N3O/c1-9(15(2)3)8-14-12-10-5-7-16-11(10)4-6-13-12/h4-7,9H,8H2,1-3H3,(H,13,14). The number of aromatic nitrogens is 1. The van der Waals surface area contributed by atoms with E-state index in [-0.39, 0.29) is 0 Å². The summed E-state index contributed by atoms with van der Waals surface area (Å²) in [5.41, 5.74) is 0.870. The zero-order valence-electron chi connectivity index (χ0n) is 9.90. The lowest BCUT2D eigenvalue weighted by atomic mass is 10.3. The largest absolute Gasteiger partial charge is 0.464 e. The van der Waals surface area contributed by atoms with E-state index in [0.29, 0.717) is 6.04 Å². The monoisotopic (exact) mass is 219 g/mol. The van der Waals surface area contributed by atoms with Gasteiger partial charge in [-0.1, -0.05) is 0 Å². The van der Waals surface area contributed by atoms with Crippen LogP contribution in [0.5, 0.6) is 0 Å². The second-order valence-electron chi connectivity index (χ2n) is 4.19. The molecule has 2 heterocycles. The molecule has 0 amide bonds. The molecule has 4 nitrogen and oxygen atoms in total. The SMILES string of the molecule is CC(CNc1nccc2occc12)N(C)C. The van der Waals surface area contributed by atoms with Gasteiger partial charge in [-0.3, -0.25) is 0 Å². The molecule has 0 aliphatic rings. The van der Waals surface area contributed by atoms with Crippen molar-refractivity contribution < 1.29 is 4.42 Å². The molecule has 0 saturated carbocycles. The molecule has 0 aliphatic carbocycles. The van der Waals surface area contributed by atoms with E-state index in [9.17, 15) is 0 Å². The predicted molar refractivity (Wildman–Crippen MR) is 65.6 cm³/mol. The maximum Gasteiger partial charge on any atom is 0.139 e. The Hall–Kier alpha value is -1.55. The lowest BCUT2D eigenvalue weighted by Crippen LogP contribution is -2.31. The molecule has 4 heteroatoms. The molecule has 0 aromatic carbocycles. The van der Waals surface area contributed by atoms with Crippen LogP contribution in [0.25, 0.3) is 11.0 Å². The second kappa shape index (κ2) is 4.53. The summed E-state index contributed by atoms with van der Waals surface area (Å²) in [7, 11) is 4.14. The summed E-state index contributed by atoms with van der Waals surface area (Å²) < 4.78 is 5.32. The first-order chi connectivity index (χ1) is 7.68. The molecule has 0 bridgehead atoms. The van der Waals surface area contributed by atoms with Gasteiger partial charge in [0.1, 0.15) is 11.4 Å². The van der Waals surface area contributed by atoms with Crippen LogP contribution in [0.15, 0.2) is 29.0 Å². The number of anilines is 1. The smallest absolute Gasteiger partial charge is 0.139 e. The third-order valence-corrected chi connectivity index (χ3v) is 2.83. The van der Waals surface area contributed by atoms with Crippen molar-refractivity contribution in [2.24, 2.45) is 0 Å². The first-order valence-electron chi connectivity index (χ1n) is 5.41. The third kappa shape index (κ3) is 2.17. The van der Waals surface area contributed by atoms with Gasteiger partial charge in [-0.15, -0.1) is 0 Å². The summed E-state index contributed by atoms with van der Waals surface area (Å²) in [6, 6.07) is 4.27. The summed E-state index contributed by atoms with van der Waals surface area (Å²) >= 11 is 0. The molecule has 0 radical (unpaired) electrons. The maximum absolute atomic E-state index is 5.32. The lowest BCUT2D eigenvalue weighted by Gasteiger charge is -2.20. The van der Waals surface area contributed by atoms with E-state index in [2.05, 4.69) is 36.2 Å². The fourth-order valence-electron chi connectivity index (χ4n) is 1.46. The molecule has 2 aromatic heterocycles. The Labute approximate surface area is 95.3 Å². The van der Waals surface area contributed by atoms with Crippen molar-refractivity contribution in [3.05, 3.63) is 24.6 Å². The molecule has 1 unspecified atom stereocenters. The van der Waals surface area contributed by atoms with Crippen molar-refractivity contribution in [2.45, 2.75) is 13.0 Å². The number of hydrogen-bond acceptors (Lipinski definition) is 4. The highest BCUT2D eigenvalue weighted by Gasteiger charge is 2.07. The number of fused-ring (bicyclic) bond motifs is 1. The average molecular weight is 219 g/mol. The number of rotatable bonds is 4. The van der Waals surface area contributed by atoms with Crippen LogP contribution in [0.2, 0.25) is 0 Å². The lowest BCUT2D eigenvalue weighted by molar-refractivity contribution is 0.326.